The second-order valence-electron chi connectivity index (χ2n) is 5.42. The number of ketones is 1. The van der Waals surface area contributed by atoms with E-state index in [1.54, 1.807) is 6.92 Å². The number of carbonyl (C=O) groups excluding carboxylic acids is 2. The van der Waals surface area contributed by atoms with Crippen molar-refractivity contribution in [2.45, 2.75) is 46.1 Å². The van der Waals surface area contributed by atoms with Crippen molar-refractivity contribution in [2.75, 3.05) is 0 Å². The highest BCUT2D eigenvalue weighted by Gasteiger charge is 2.40. The zero-order valence-electron chi connectivity index (χ0n) is 11.2. The Bertz CT molecular complexity index is 431. The van der Waals surface area contributed by atoms with E-state index in [0.717, 1.165) is 12.8 Å². The van der Waals surface area contributed by atoms with Crippen molar-refractivity contribution in [3.63, 3.8) is 0 Å². The molecule has 0 radical (unpaired) electrons. The van der Waals surface area contributed by atoms with Crippen LogP contribution in [0.2, 0.25) is 0 Å². The molecule has 1 aliphatic carbocycles. The van der Waals surface area contributed by atoms with Gasteiger partial charge in [-0.2, -0.15) is 0 Å². The molecule has 0 unspecified atom stereocenters. The SMILES string of the molecule is C/C1=C/[C@@H]2OC(=O)[C@H](C)[C@@H]2CC/C(C)=C/CC1=O. The van der Waals surface area contributed by atoms with Crippen LogP contribution in [-0.4, -0.2) is 17.9 Å². The molecule has 3 nitrogen and oxygen atoms in total. The van der Waals surface area contributed by atoms with Crippen molar-refractivity contribution in [1.29, 1.82) is 0 Å². The highest BCUT2D eigenvalue weighted by atomic mass is 16.6. The molecule has 0 aromatic rings. The first-order chi connectivity index (χ1) is 8.49. The summed E-state index contributed by atoms with van der Waals surface area (Å²) in [5.41, 5.74) is 1.93. The van der Waals surface area contributed by atoms with Crippen LogP contribution in [0.3, 0.4) is 0 Å². The first-order valence-corrected chi connectivity index (χ1v) is 6.57. The molecule has 18 heavy (non-hydrogen) atoms. The van der Waals surface area contributed by atoms with Crippen molar-refractivity contribution >= 4 is 11.8 Å². The monoisotopic (exact) mass is 248 g/mol. The Morgan fingerprint density at radius 3 is 2.72 bits per heavy atom. The smallest absolute Gasteiger partial charge is 0.309 e. The van der Waals surface area contributed by atoms with Gasteiger partial charge in [0.05, 0.1) is 5.92 Å². The summed E-state index contributed by atoms with van der Waals surface area (Å²) < 4.78 is 5.38. The van der Waals surface area contributed by atoms with Gasteiger partial charge in [-0.1, -0.05) is 18.6 Å². The molecule has 2 rings (SSSR count). The first-order valence-electron chi connectivity index (χ1n) is 6.57. The van der Waals surface area contributed by atoms with E-state index in [-0.39, 0.29) is 29.7 Å². The zero-order chi connectivity index (χ0) is 13.3. The van der Waals surface area contributed by atoms with E-state index in [0.29, 0.717) is 12.0 Å². The number of fused-ring (bicyclic) bond motifs is 1. The molecule has 3 atom stereocenters. The summed E-state index contributed by atoms with van der Waals surface area (Å²) in [5.74, 6) is 0.107. The summed E-state index contributed by atoms with van der Waals surface area (Å²) >= 11 is 0. The predicted octanol–water partition coefficient (Wildman–Crippen LogP) is 2.81. The molecule has 0 saturated carbocycles. The molecular weight excluding hydrogens is 228 g/mol. The van der Waals surface area contributed by atoms with E-state index in [1.165, 1.54) is 5.57 Å². The van der Waals surface area contributed by atoms with Gasteiger partial charge in [0.1, 0.15) is 6.10 Å². The molecule has 1 fully saturated rings. The van der Waals surface area contributed by atoms with Crippen molar-refractivity contribution < 1.29 is 14.3 Å². The Morgan fingerprint density at radius 1 is 1.28 bits per heavy atom. The molecule has 0 bridgehead atoms. The Hall–Kier alpha value is -1.38. The van der Waals surface area contributed by atoms with Gasteiger partial charge < -0.3 is 4.74 Å². The van der Waals surface area contributed by atoms with Crippen molar-refractivity contribution in [2.24, 2.45) is 11.8 Å². The molecule has 0 aromatic heterocycles. The summed E-state index contributed by atoms with van der Waals surface area (Å²) in [5, 5.41) is 0. The fourth-order valence-electron chi connectivity index (χ4n) is 2.62. The van der Waals surface area contributed by atoms with E-state index < -0.39 is 0 Å². The minimum atomic E-state index is -0.220. The summed E-state index contributed by atoms with van der Waals surface area (Å²) in [4.78, 5) is 23.5. The molecule has 0 amide bonds. The van der Waals surface area contributed by atoms with Crippen LogP contribution in [-0.2, 0) is 14.3 Å². The van der Waals surface area contributed by atoms with Gasteiger partial charge in [0.2, 0.25) is 0 Å². The van der Waals surface area contributed by atoms with E-state index in [9.17, 15) is 9.59 Å². The maximum atomic E-state index is 11.9. The van der Waals surface area contributed by atoms with Crippen LogP contribution >= 0.6 is 0 Å². The van der Waals surface area contributed by atoms with Crippen molar-refractivity contribution in [3.05, 3.63) is 23.3 Å². The van der Waals surface area contributed by atoms with Crippen LogP contribution in [0.25, 0.3) is 0 Å². The lowest BCUT2D eigenvalue weighted by Gasteiger charge is -2.18. The fourth-order valence-corrected chi connectivity index (χ4v) is 2.62. The zero-order valence-corrected chi connectivity index (χ0v) is 11.2. The largest absolute Gasteiger partial charge is 0.458 e. The highest BCUT2D eigenvalue weighted by molar-refractivity contribution is 5.96. The molecule has 98 valence electrons. The molecule has 1 heterocycles. The molecule has 0 spiro atoms. The average Bonchev–Trinajstić information content (AvgIpc) is 2.59. The van der Waals surface area contributed by atoms with E-state index in [2.05, 4.69) is 0 Å². The van der Waals surface area contributed by atoms with Crippen LogP contribution in [0.4, 0.5) is 0 Å². The summed E-state index contributed by atoms with van der Waals surface area (Å²) in [6, 6.07) is 0. The lowest BCUT2D eigenvalue weighted by atomic mass is 9.84. The van der Waals surface area contributed by atoms with Gasteiger partial charge in [0, 0.05) is 12.3 Å². The quantitative estimate of drug-likeness (QED) is 0.489. The Balaban J connectivity index is 2.29. The molecule has 2 aliphatic rings. The number of allylic oxidation sites excluding steroid dienone is 3. The fraction of sp³-hybridized carbons (Fsp3) is 0.600. The third-order valence-electron chi connectivity index (χ3n) is 4.05. The number of rotatable bonds is 0. The van der Waals surface area contributed by atoms with Crippen LogP contribution in [0.5, 0.6) is 0 Å². The van der Waals surface area contributed by atoms with Gasteiger partial charge >= 0.3 is 5.97 Å². The summed E-state index contributed by atoms with van der Waals surface area (Å²) in [6.07, 6.45) is 5.95. The lowest BCUT2D eigenvalue weighted by Crippen LogP contribution is -2.19. The summed E-state index contributed by atoms with van der Waals surface area (Å²) in [6.45, 7) is 5.77. The van der Waals surface area contributed by atoms with Gasteiger partial charge in [-0.15, -0.1) is 0 Å². The molecular formula is C15H20O3. The van der Waals surface area contributed by atoms with Gasteiger partial charge in [0.25, 0.3) is 0 Å². The van der Waals surface area contributed by atoms with Crippen LogP contribution in [0.1, 0.15) is 40.0 Å². The number of Topliss-reactive ketones (excluding diaryl/α,β-unsaturated/α-hetero) is 1. The molecule has 1 aliphatic heterocycles. The van der Waals surface area contributed by atoms with Crippen LogP contribution in [0, 0.1) is 11.8 Å². The second-order valence-corrected chi connectivity index (χ2v) is 5.42. The van der Waals surface area contributed by atoms with Gasteiger partial charge in [0.15, 0.2) is 5.78 Å². The number of hydrogen-bond donors (Lipinski definition) is 0. The van der Waals surface area contributed by atoms with Gasteiger partial charge in [-0.25, -0.2) is 0 Å². The molecule has 1 saturated heterocycles. The minimum absolute atomic E-state index is 0.0682. The Kier molecular flexibility index (Phi) is 3.69. The van der Waals surface area contributed by atoms with Crippen LogP contribution < -0.4 is 0 Å². The van der Waals surface area contributed by atoms with E-state index in [1.807, 2.05) is 26.0 Å². The lowest BCUT2D eigenvalue weighted by molar-refractivity contribution is -0.142. The van der Waals surface area contributed by atoms with Gasteiger partial charge in [-0.3, -0.25) is 9.59 Å². The first kappa shape index (κ1) is 13.1. The maximum Gasteiger partial charge on any atom is 0.309 e. The van der Waals surface area contributed by atoms with Crippen molar-refractivity contribution in [3.8, 4) is 0 Å². The molecule has 0 N–H and O–H groups in total. The predicted molar refractivity (Wildman–Crippen MR) is 68.9 cm³/mol. The number of hydrogen-bond acceptors (Lipinski definition) is 3. The van der Waals surface area contributed by atoms with E-state index in [4.69, 9.17) is 4.74 Å². The van der Waals surface area contributed by atoms with Crippen molar-refractivity contribution in [1.82, 2.24) is 0 Å². The van der Waals surface area contributed by atoms with E-state index >= 15 is 0 Å². The summed E-state index contributed by atoms with van der Waals surface area (Å²) in [7, 11) is 0. The average molecular weight is 248 g/mol. The molecule has 0 aromatic carbocycles. The standard InChI is InChI=1S/C15H20O3/c1-9-4-6-12-11(3)15(17)18-14(12)8-10(2)13(16)7-5-9/h5,8,11-12,14H,4,6-7H2,1-3H3/b9-5+,10-8-/t11-,12+,14+/m1/s1. The third-order valence-corrected chi connectivity index (χ3v) is 4.05. The Morgan fingerprint density at radius 2 is 2.00 bits per heavy atom. The maximum absolute atomic E-state index is 11.9. The number of ether oxygens (including phenoxy) is 1. The minimum Gasteiger partial charge on any atom is -0.458 e. The Labute approximate surface area is 108 Å². The second kappa shape index (κ2) is 5.09. The van der Waals surface area contributed by atoms with Crippen LogP contribution in [0.15, 0.2) is 23.3 Å². The number of carbonyl (C=O) groups is 2. The number of esters is 1. The van der Waals surface area contributed by atoms with Gasteiger partial charge in [-0.05, 0) is 38.3 Å². The molecule has 3 heteroatoms. The normalized spacial score (nSPS) is 39.2. The highest BCUT2D eigenvalue weighted by Crippen LogP contribution is 2.34. The topological polar surface area (TPSA) is 43.4 Å². The third kappa shape index (κ3) is 2.55.